The summed E-state index contributed by atoms with van der Waals surface area (Å²) in [6.07, 6.45) is 4.72. The number of urea groups is 4. The first kappa shape index (κ1) is 105. The van der Waals surface area contributed by atoms with Crippen molar-refractivity contribution in [2.45, 2.75) is 130 Å². The van der Waals surface area contributed by atoms with Crippen LogP contribution in [0.15, 0.2) is 121 Å². The van der Waals surface area contributed by atoms with E-state index in [2.05, 4.69) is 51.8 Å². The van der Waals surface area contributed by atoms with Gasteiger partial charge in [0.05, 0.1) is 150 Å². The SMILES string of the molecule is Cc1cc(C)c(/C=C2\C(=O)N(C(=O)NCC(N)C(=O)CCCOCCOC(COCCOCCNC(=O)C(N)CNC(=O)N3C(=O)/C(=C\c4[nH]c(C)cc4C)c4ccccc43)COCC(COCCOCCNC(=O)C(N)CNC(=O)N3C(=O)C(Cc4[nH]c(C)cc4C)c4ccccc43)OCCOCCCC(=O)C(N)CNC(=O)N3C(=O)/C(=C\c4[nH]c(C)cc4C)c4ccccc43)c3ccccc32)[nH]1. The number of H-pyrrole nitrogens is 4. The van der Waals surface area contributed by atoms with Crippen molar-refractivity contribution in [3.63, 3.8) is 0 Å². The third-order valence-electron chi connectivity index (χ3n) is 23.6. The van der Waals surface area contributed by atoms with Crippen molar-refractivity contribution in [1.82, 2.24) is 51.8 Å². The van der Waals surface area contributed by atoms with Gasteiger partial charge in [-0.3, -0.25) is 38.4 Å². The molecule has 7 atom stereocenters. The number of ether oxygens (including phenoxy) is 9. The van der Waals surface area contributed by atoms with E-state index in [1.54, 1.807) is 103 Å². The zero-order valence-corrected chi connectivity index (χ0v) is 79.6. The van der Waals surface area contributed by atoms with Gasteiger partial charge in [0.15, 0.2) is 11.6 Å². The lowest BCUT2D eigenvalue weighted by atomic mass is 9.95. The van der Waals surface area contributed by atoms with E-state index < -0.39 is 102 Å². The number of imide groups is 4. The monoisotopic (exact) mass is 1910 g/mol. The predicted molar refractivity (Wildman–Crippen MR) is 522 cm³/mol. The van der Waals surface area contributed by atoms with Crippen LogP contribution in [0.1, 0.15) is 122 Å². The van der Waals surface area contributed by atoms with E-state index in [0.717, 1.165) is 87.4 Å². The molecule has 0 spiro atoms. The molecule has 0 fully saturated rings. The first-order valence-electron chi connectivity index (χ1n) is 46.5. The molecule has 0 bridgehead atoms. The molecule has 14 amide bonds. The summed E-state index contributed by atoms with van der Waals surface area (Å²) in [4.78, 5) is 180. The fourth-order valence-corrected chi connectivity index (χ4v) is 16.5. The van der Waals surface area contributed by atoms with Crippen LogP contribution in [0.5, 0.6) is 0 Å². The number of para-hydroxylation sites is 4. The van der Waals surface area contributed by atoms with Crippen LogP contribution in [0.25, 0.3) is 34.9 Å². The van der Waals surface area contributed by atoms with E-state index in [1.807, 2.05) is 91.8 Å². The number of nitrogens with two attached hydrogens (primary N) is 4. The van der Waals surface area contributed by atoms with Crippen LogP contribution in [-0.2, 0) is 87.4 Å². The average molecular weight is 1920 g/mol. The van der Waals surface area contributed by atoms with Crippen LogP contribution in [-0.4, -0.2) is 272 Å². The molecule has 8 heterocycles. The highest BCUT2D eigenvalue weighted by molar-refractivity contribution is 6.44. The van der Waals surface area contributed by atoms with Gasteiger partial charge >= 0.3 is 24.1 Å². The Hall–Kier alpha value is -13.3. The maximum Gasteiger partial charge on any atom is 0.329 e. The zero-order chi connectivity index (χ0) is 99.3. The van der Waals surface area contributed by atoms with Gasteiger partial charge in [-0.1, -0.05) is 72.8 Å². The highest BCUT2D eigenvalue weighted by atomic mass is 16.6. The number of aromatic amines is 4. The molecule has 0 radical (unpaired) electrons. The summed E-state index contributed by atoms with van der Waals surface area (Å²) < 4.78 is 54.1. The summed E-state index contributed by atoms with van der Waals surface area (Å²) >= 11 is 0. The second-order valence-corrected chi connectivity index (χ2v) is 34.4. The number of fused-ring (bicyclic) bond motifs is 4. The van der Waals surface area contributed by atoms with E-state index >= 15 is 0 Å². The lowest BCUT2D eigenvalue weighted by Crippen LogP contribution is -2.51. The number of aromatic nitrogens is 4. The van der Waals surface area contributed by atoms with E-state index in [-0.39, 0.29) is 182 Å². The number of anilines is 4. The van der Waals surface area contributed by atoms with Gasteiger partial charge in [-0.05, 0) is 163 Å². The fraction of sp³-hybridized carbons (Fsp3) is 0.420. The van der Waals surface area contributed by atoms with Crippen molar-refractivity contribution in [3.05, 3.63) is 211 Å². The fourth-order valence-electron chi connectivity index (χ4n) is 16.5. The van der Waals surface area contributed by atoms with E-state index in [4.69, 9.17) is 65.6 Å². The maximum atomic E-state index is 13.8. The zero-order valence-electron chi connectivity index (χ0n) is 79.6. The summed E-state index contributed by atoms with van der Waals surface area (Å²) in [5.41, 5.74) is 40.7. The van der Waals surface area contributed by atoms with Gasteiger partial charge in [0.25, 0.3) is 17.7 Å². The molecule has 742 valence electrons. The van der Waals surface area contributed by atoms with Gasteiger partial charge in [0.2, 0.25) is 17.7 Å². The molecule has 0 saturated carbocycles. The summed E-state index contributed by atoms with van der Waals surface area (Å²) in [5, 5.41) is 16.0. The number of carbonyl (C=O) groups excluding carboxylic acids is 12. The third-order valence-corrected chi connectivity index (χ3v) is 23.6. The smallest absolute Gasteiger partial charge is 0.329 e. The van der Waals surface area contributed by atoms with Gasteiger partial charge in [0.1, 0.15) is 24.3 Å². The number of aryl methyl sites for hydroxylation is 8. The molecule has 4 aromatic carbocycles. The van der Waals surface area contributed by atoms with Gasteiger partial charge in [-0.2, -0.15) is 0 Å². The number of hydrogen-bond donors (Lipinski definition) is 14. The lowest BCUT2D eigenvalue weighted by Gasteiger charge is -2.22. The Morgan fingerprint density at radius 3 is 1.06 bits per heavy atom. The first-order valence-corrected chi connectivity index (χ1v) is 46.5. The van der Waals surface area contributed by atoms with Gasteiger partial charge in [-0.25, -0.2) is 38.8 Å². The van der Waals surface area contributed by atoms with Gasteiger partial charge in [0, 0.05) is 134 Å². The van der Waals surface area contributed by atoms with E-state index in [9.17, 15) is 57.5 Å². The predicted octanol–water partition coefficient (Wildman–Crippen LogP) is 6.87. The number of rotatable bonds is 53. The molecule has 0 aliphatic carbocycles. The number of nitrogens with one attached hydrogen (secondary N) is 10. The molecule has 0 saturated heterocycles. The molecule has 4 aromatic heterocycles. The molecule has 39 heteroatoms. The summed E-state index contributed by atoms with van der Waals surface area (Å²) in [6.45, 7) is 15.4. The van der Waals surface area contributed by atoms with Crippen molar-refractivity contribution in [2.75, 3.05) is 165 Å². The summed E-state index contributed by atoms with van der Waals surface area (Å²) in [5.74, 6) is -4.42. The quantitative estimate of drug-likeness (QED) is 0.0137. The van der Waals surface area contributed by atoms with Crippen LogP contribution in [0.2, 0.25) is 0 Å². The lowest BCUT2D eigenvalue weighted by molar-refractivity contribution is -0.123. The standard InChI is InChI=1S/C100H126N18O21/c1-59-43-63(5)111-81(59)47-73-69-19-9-13-23-85(69)115(93(73)123)97(127)107-51-77(101)89(119)27-17-31-131-39-41-138-67(55-135-37-35-133-33-29-105-91(121)79(103)53-109-99(129)117-87-25-15-11-21-71(87)75(95(117)125)49-83-61(3)45-65(7)113-83)57-137-58-68(139-42-40-132-32-18-28-90(120)78(102)52-108-98(128)116-86-24-14-10-20-70(86)74(94(116)124)48-82-60(2)44-64(6)112-82)56-136-38-36-134-34-30-106-92(122)80(104)54-110-100(130)118-88-26-16-12-22-72(88)76(96(118)126)50-84-62(4)46-66(8)114-84/h9-16,19-26,43-49,67-68,76-80,111-114H,17-18,27-42,50-58,101-104H2,1-8H3,(H,105,121)(H,106,122)(H,107,127)(H,108,128)(H,109,129)(H,110,130)/b73-47-,74-48-,75-49-. The topological polar surface area (TPSA) is 540 Å². The van der Waals surface area contributed by atoms with Crippen molar-refractivity contribution in [2.24, 2.45) is 22.9 Å². The second-order valence-electron chi connectivity index (χ2n) is 34.4. The van der Waals surface area contributed by atoms with E-state index in [0.29, 0.717) is 68.1 Å². The molecule has 8 aromatic rings. The Morgan fingerprint density at radius 2 is 0.683 bits per heavy atom. The molecule has 4 aliphatic rings. The third kappa shape index (κ3) is 28.1. The number of nitrogens with zero attached hydrogens (tertiary/aromatic N) is 4. The molecule has 7 unspecified atom stereocenters. The highest BCUT2D eigenvalue weighted by Crippen LogP contribution is 2.43. The number of benzene rings is 4. The van der Waals surface area contributed by atoms with Crippen molar-refractivity contribution in [3.8, 4) is 0 Å². The summed E-state index contributed by atoms with van der Waals surface area (Å²) in [6, 6.07) is 28.3. The molecule has 18 N–H and O–H groups in total. The molecule has 39 nitrogen and oxygen atoms in total. The second kappa shape index (κ2) is 50.9. The normalized spacial score (nSPS) is 16.0. The van der Waals surface area contributed by atoms with E-state index in [1.165, 1.54) is 0 Å². The maximum absolute atomic E-state index is 13.8. The molecular weight excluding hydrogens is 1790 g/mol. The Labute approximate surface area is 805 Å². The van der Waals surface area contributed by atoms with Gasteiger partial charge < -0.3 is 117 Å². The molecule has 4 aliphatic heterocycles. The van der Waals surface area contributed by atoms with Crippen LogP contribution < -0.4 is 74.4 Å². The molecular formula is C100H126N18O21. The number of ketones is 2. The Morgan fingerprint density at radius 1 is 0.360 bits per heavy atom. The Balaban J connectivity index is 0.601. The number of amides is 14. The van der Waals surface area contributed by atoms with Crippen molar-refractivity contribution >= 4 is 129 Å². The van der Waals surface area contributed by atoms with Crippen LogP contribution in [0, 0.1) is 55.4 Å². The first-order chi connectivity index (χ1) is 66.9. The highest BCUT2D eigenvalue weighted by Gasteiger charge is 2.44. The molecule has 139 heavy (non-hydrogen) atoms. The van der Waals surface area contributed by atoms with Crippen molar-refractivity contribution < 1.29 is 100 Å². The van der Waals surface area contributed by atoms with Gasteiger partial charge in [-0.15, -0.1) is 0 Å². The average Bonchev–Trinajstić information content (AvgIpc) is 1.63. The van der Waals surface area contributed by atoms with Crippen LogP contribution >= 0.6 is 0 Å². The molecule has 12 rings (SSSR count). The number of hydrogen-bond acceptors (Lipinski definition) is 25. The Bertz CT molecular complexity index is 5810. The van der Waals surface area contributed by atoms with Crippen molar-refractivity contribution in [1.29, 1.82) is 0 Å². The van der Waals surface area contributed by atoms with Crippen LogP contribution in [0.3, 0.4) is 0 Å². The minimum Gasteiger partial charge on any atom is -0.379 e. The largest absolute Gasteiger partial charge is 0.379 e. The minimum atomic E-state index is -1.18. The summed E-state index contributed by atoms with van der Waals surface area (Å²) in [7, 11) is 0. The number of carbonyl (C=O) groups is 12. The Kier molecular flexibility index (Phi) is 38.3. The minimum absolute atomic E-state index is 0.000931. The van der Waals surface area contributed by atoms with Crippen LogP contribution in [0.4, 0.5) is 41.9 Å². The number of Topliss-reactive ketones (excluding diaryl/α,β-unsaturated/α-hetero) is 2.